The van der Waals surface area contributed by atoms with Gasteiger partial charge in [-0.25, -0.2) is 0 Å². The Balaban J connectivity index is 2.72. The Bertz CT molecular complexity index is 301. The molecule has 2 heteroatoms. The second-order valence-electron chi connectivity index (χ2n) is 3.83. The van der Waals surface area contributed by atoms with Gasteiger partial charge in [0.1, 0.15) is 0 Å². The highest BCUT2D eigenvalue weighted by molar-refractivity contribution is 5.94. The zero-order valence-electron chi connectivity index (χ0n) is 9.26. The zero-order chi connectivity index (χ0) is 10.6. The second-order valence-corrected chi connectivity index (χ2v) is 3.83. The van der Waals surface area contributed by atoms with Crippen LogP contribution in [0, 0.1) is 0 Å². The Labute approximate surface area is 85.7 Å². The first kappa shape index (κ1) is 11.0. The fourth-order valence-electron chi connectivity index (χ4n) is 1.45. The summed E-state index contributed by atoms with van der Waals surface area (Å²) in [6.45, 7) is 6.36. The third-order valence-corrected chi connectivity index (χ3v) is 2.66. The van der Waals surface area contributed by atoms with Crippen LogP contribution >= 0.6 is 0 Å². The van der Waals surface area contributed by atoms with Crippen molar-refractivity contribution in [2.75, 3.05) is 0 Å². The van der Waals surface area contributed by atoms with Gasteiger partial charge in [-0.05, 0) is 30.4 Å². The fraction of sp³-hybridized carbons (Fsp3) is 0.583. The van der Waals surface area contributed by atoms with Gasteiger partial charge in [-0.15, -0.1) is 0 Å². The summed E-state index contributed by atoms with van der Waals surface area (Å²) < 4.78 is 0. The van der Waals surface area contributed by atoms with Crippen LogP contribution in [0.5, 0.6) is 0 Å². The van der Waals surface area contributed by atoms with Gasteiger partial charge in [-0.3, -0.25) is 4.79 Å². The lowest BCUT2D eigenvalue weighted by Crippen LogP contribution is -1.97. The van der Waals surface area contributed by atoms with Crippen LogP contribution in [0.15, 0.2) is 12.3 Å². The van der Waals surface area contributed by atoms with Crippen molar-refractivity contribution in [3.05, 3.63) is 23.5 Å². The maximum atomic E-state index is 11.5. The maximum absolute atomic E-state index is 11.5. The smallest absolute Gasteiger partial charge is 0.178 e. The number of aromatic nitrogens is 1. The van der Waals surface area contributed by atoms with Crippen molar-refractivity contribution in [1.29, 1.82) is 0 Å². The molecule has 1 aromatic rings. The van der Waals surface area contributed by atoms with Crippen LogP contribution in [0.2, 0.25) is 0 Å². The number of hydrogen-bond acceptors (Lipinski definition) is 1. The fourth-order valence-corrected chi connectivity index (χ4v) is 1.45. The van der Waals surface area contributed by atoms with E-state index >= 15 is 0 Å². The lowest BCUT2D eigenvalue weighted by molar-refractivity contribution is 0.0977. The van der Waals surface area contributed by atoms with Crippen LogP contribution in [-0.2, 0) is 0 Å². The molecular formula is C12H19NO. The molecule has 0 aliphatic heterocycles. The first-order valence-corrected chi connectivity index (χ1v) is 5.40. The van der Waals surface area contributed by atoms with E-state index in [0.717, 1.165) is 18.5 Å². The molecular weight excluding hydrogens is 174 g/mol. The van der Waals surface area contributed by atoms with Crippen LogP contribution in [0.1, 0.15) is 62.0 Å². The van der Waals surface area contributed by atoms with Gasteiger partial charge in [0, 0.05) is 12.6 Å². The highest BCUT2D eigenvalue weighted by atomic mass is 16.1. The number of hydrogen-bond donors (Lipinski definition) is 1. The molecule has 0 bridgehead atoms. The van der Waals surface area contributed by atoms with E-state index in [0.29, 0.717) is 12.3 Å². The number of carbonyl (C=O) groups is 1. The monoisotopic (exact) mass is 193 g/mol. The molecule has 0 saturated carbocycles. The second kappa shape index (κ2) is 4.99. The van der Waals surface area contributed by atoms with Crippen molar-refractivity contribution in [3.63, 3.8) is 0 Å². The number of carbonyl (C=O) groups excluding carboxylic acids is 1. The molecule has 1 unspecified atom stereocenters. The van der Waals surface area contributed by atoms with Crippen LogP contribution in [0.4, 0.5) is 0 Å². The Morgan fingerprint density at radius 2 is 2.21 bits per heavy atom. The Hall–Kier alpha value is -1.05. The van der Waals surface area contributed by atoms with Gasteiger partial charge in [-0.1, -0.05) is 20.8 Å². The van der Waals surface area contributed by atoms with E-state index in [1.165, 1.54) is 5.56 Å². The quantitative estimate of drug-likeness (QED) is 0.713. The molecule has 1 atom stereocenters. The summed E-state index contributed by atoms with van der Waals surface area (Å²) in [5, 5.41) is 0. The van der Waals surface area contributed by atoms with Crippen LogP contribution in [0.3, 0.4) is 0 Å². The molecule has 0 spiro atoms. The largest absolute Gasteiger partial charge is 0.359 e. The summed E-state index contributed by atoms with van der Waals surface area (Å²) in [4.78, 5) is 14.6. The minimum atomic E-state index is 0.224. The zero-order valence-corrected chi connectivity index (χ0v) is 9.26. The van der Waals surface area contributed by atoms with Crippen molar-refractivity contribution >= 4 is 5.78 Å². The van der Waals surface area contributed by atoms with E-state index in [4.69, 9.17) is 0 Å². The van der Waals surface area contributed by atoms with Crippen molar-refractivity contribution in [2.45, 2.75) is 46.0 Å². The molecule has 0 aromatic carbocycles. The predicted octanol–water partition coefficient (Wildman–Crippen LogP) is 3.51. The lowest BCUT2D eigenvalue weighted by Gasteiger charge is -2.03. The molecule has 14 heavy (non-hydrogen) atoms. The SMILES string of the molecule is CCCC(=O)c1cc(C(C)CC)c[nH]1. The van der Waals surface area contributed by atoms with Gasteiger partial charge in [0.15, 0.2) is 5.78 Å². The van der Waals surface area contributed by atoms with Crippen LogP contribution in [-0.4, -0.2) is 10.8 Å². The minimum Gasteiger partial charge on any atom is -0.359 e. The summed E-state index contributed by atoms with van der Waals surface area (Å²) in [7, 11) is 0. The number of nitrogens with one attached hydrogen (secondary N) is 1. The van der Waals surface area contributed by atoms with Crippen LogP contribution in [0.25, 0.3) is 0 Å². The molecule has 78 valence electrons. The Kier molecular flexibility index (Phi) is 3.93. The predicted molar refractivity (Wildman–Crippen MR) is 58.7 cm³/mol. The molecule has 1 rings (SSSR count). The topological polar surface area (TPSA) is 32.9 Å². The van der Waals surface area contributed by atoms with Crippen molar-refractivity contribution < 1.29 is 4.79 Å². The summed E-state index contributed by atoms with van der Waals surface area (Å²) in [5.41, 5.74) is 2.01. The van der Waals surface area contributed by atoms with E-state index in [1.807, 2.05) is 19.2 Å². The molecule has 0 amide bonds. The van der Waals surface area contributed by atoms with E-state index in [-0.39, 0.29) is 5.78 Å². The molecule has 0 saturated heterocycles. The summed E-state index contributed by atoms with van der Waals surface area (Å²) in [6, 6.07) is 1.99. The molecule has 1 aromatic heterocycles. The van der Waals surface area contributed by atoms with E-state index in [9.17, 15) is 4.79 Å². The van der Waals surface area contributed by atoms with Crippen molar-refractivity contribution in [1.82, 2.24) is 4.98 Å². The van der Waals surface area contributed by atoms with Gasteiger partial charge >= 0.3 is 0 Å². The minimum absolute atomic E-state index is 0.224. The van der Waals surface area contributed by atoms with Crippen LogP contribution < -0.4 is 0 Å². The van der Waals surface area contributed by atoms with Gasteiger partial charge < -0.3 is 4.98 Å². The summed E-state index contributed by atoms with van der Waals surface area (Å²) >= 11 is 0. The van der Waals surface area contributed by atoms with E-state index < -0.39 is 0 Å². The third-order valence-electron chi connectivity index (χ3n) is 2.66. The standard InChI is InChI=1S/C12H19NO/c1-4-6-12(14)11-7-10(8-13-11)9(3)5-2/h7-9,13H,4-6H2,1-3H3. The molecule has 0 aliphatic rings. The first-order chi connectivity index (χ1) is 6.69. The average Bonchev–Trinajstić information content (AvgIpc) is 2.66. The molecule has 0 aliphatic carbocycles. The molecule has 0 fully saturated rings. The van der Waals surface area contributed by atoms with E-state index in [1.54, 1.807) is 0 Å². The third kappa shape index (κ3) is 2.47. The number of H-pyrrole nitrogens is 1. The van der Waals surface area contributed by atoms with Gasteiger partial charge in [0.2, 0.25) is 0 Å². The maximum Gasteiger partial charge on any atom is 0.178 e. The average molecular weight is 193 g/mol. The Morgan fingerprint density at radius 1 is 1.50 bits per heavy atom. The van der Waals surface area contributed by atoms with Gasteiger partial charge in [-0.2, -0.15) is 0 Å². The number of rotatable bonds is 5. The lowest BCUT2D eigenvalue weighted by atomic mass is 10.0. The van der Waals surface area contributed by atoms with Crippen molar-refractivity contribution in [2.24, 2.45) is 0 Å². The molecule has 0 radical (unpaired) electrons. The highest BCUT2D eigenvalue weighted by Gasteiger charge is 2.10. The summed E-state index contributed by atoms with van der Waals surface area (Å²) in [6.07, 6.45) is 4.62. The molecule has 1 heterocycles. The molecule has 2 nitrogen and oxygen atoms in total. The number of Topliss-reactive ketones (excluding diaryl/α,β-unsaturated/α-hetero) is 1. The normalized spacial score (nSPS) is 12.8. The van der Waals surface area contributed by atoms with Crippen molar-refractivity contribution in [3.8, 4) is 0 Å². The van der Waals surface area contributed by atoms with E-state index in [2.05, 4.69) is 18.8 Å². The number of aromatic amines is 1. The van der Waals surface area contributed by atoms with Gasteiger partial charge in [0.25, 0.3) is 0 Å². The first-order valence-electron chi connectivity index (χ1n) is 5.40. The highest BCUT2D eigenvalue weighted by Crippen LogP contribution is 2.19. The summed E-state index contributed by atoms with van der Waals surface area (Å²) in [5.74, 6) is 0.761. The molecule has 1 N–H and O–H groups in total. The van der Waals surface area contributed by atoms with Gasteiger partial charge in [0.05, 0.1) is 5.69 Å². The number of ketones is 1. The Morgan fingerprint density at radius 3 is 2.79 bits per heavy atom.